The van der Waals surface area contributed by atoms with Gasteiger partial charge in [-0.3, -0.25) is 4.98 Å². The lowest BCUT2D eigenvalue weighted by atomic mass is 9.99. The Bertz CT molecular complexity index is 936. The molecule has 2 aromatic carbocycles. The zero-order valence-electron chi connectivity index (χ0n) is 12.9. The molecule has 0 unspecified atom stereocenters. The summed E-state index contributed by atoms with van der Waals surface area (Å²) < 4.78 is 0. The first-order valence-electron chi connectivity index (χ1n) is 7.63. The van der Waals surface area contributed by atoms with Crippen molar-refractivity contribution in [2.75, 3.05) is 0 Å². The molecule has 0 aliphatic carbocycles. The standard InChI is InChI=1S/C20H14N4/c1-2-18(12-19(3-1)20-23-13-22-14-24-20)16-6-4-15(5-7-16)17-8-10-21-11-9-17/h1-14H. The maximum Gasteiger partial charge on any atom is 0.162 e. The normalized spacial score (nSPS) is 10.5. The Kier molecular flexibility index (Phi) is 3.78. The van der Waals surface area contributed by atoms with Crippen molar-refractivity contribution in [3.05, 3.63) is 85.7 Å². The van der Waals surface area contributed by atoms with Crippen LogP contribution in [0.4, 0.5) is 0 Å². The molecule has 0 N–H and O–H groups in total. The highest BCUT2D eigenvalue weighted by Crippen LogP contribution is 2.27. The Morgan fingerprint density at radius 3 is 1.79 bits per heavy atom. The van der Waals surface area contributed by atoms with Crippen molar-refractivity contribution >= 4 is 0 Å². The van der Waals surface area contributed by atoms with E-state index in [0.29, 0.717) is 5.82 Å². The highest BCUT2D eigenvalue weighted by atomic mass is 15.0. The van der Waals surface area contributed by atoms with E-state index in [0.717, 1.165) is 22.3 Å². The lowest BCUT2D eigenvalue weighted by Gasteiger charge is -2.06. The van der Waals surface area contributed by atoms with E-state index in [2.05, 4.69) is 56.3 Å². The molecule has 0 spiro atoms. The third-order valence-corrected chi connectivity index (χ3v) is 3.85. The van der Waals surface area contributed by atoms with Gasteiger partial charge in [-0.15, -0.1) is 0 Å². The van der Waals surface area contributed by atoms with Crippen molar-refractivity contribution in [1.29, 1.82) is 0 Å². The van der Waals surface area contributed by atoms with Crippen molar-refractivity contribution in [1.82, 2.24) is 19.9 Å². The van der Waals surface area contributed by atoms with Crippen molar-refractivity contribution in [3.63, 3.8) is 0 Å². The molecule has 4 aromatic rings. The van der Waals surface area contributed by atoms with E-state index < -0.39 is 0 Å². The molecular weight excluding hydrogens is 296 g/mol. The first-order valence-corrected chi connectivity index (χ1v) is 7.63. The van der Waals surface area contributed by atoms with Gasteiger partial charge in [0.05, 0.1) is 0 Å². The van der Waals surface area contributed by atoms with E-state index >= 15 is 0 Å². The second-order valence-electron chi connectivity index (χ2n) is 5.36. The zero-order chi connectivity index (χ0) is 16.2. The van der Waals surface area contributed by atoms with E-state index in [-0.39, 0.29) is 0 Å². The van der Waals surface area contributed by atoms with Gasteiger partial charge >= 0.3 is 0 Å². The number of hydrogen-bond acceptors (Lipinski definition) is 4. The molecule has 0 fully saturated rings. The summed E-state index contributed by atoms with van der Waals surface area (Å²) in [7, 11) is 0. The Morgan fingerprint density at radius 2 is 1.08 bits per heavy atom. The van der Waals surface area contributed by atoms with Crippen LogP contribution in [0.25, 0.3) is 33.6 Å². The lowest BCUT2D eigenvalue weighted by Crippen LogP contribution is -1.89. The van der Waals surface area contributed by atoms with Crippen LogP contribution in [0.15, 0.2) is 85.7 Å². The van der Waals surface area contributed by atoms with E-state index in [1.807, 2.05) is 24.3 Å². The largest absolute Gasteiger partial charge is 0.265 e. The minimum absolute atomic E-state index is 0.681. The number of pyridine rings is 1. The molecule has 114 valence electrons. The van der Waals surface area contributed by atoms with Crippen molar-refractivity contribution < 1.29 is 0 Å². The molecule has 2 aromatic heterocycles. The third-order valence-electron chi connectivity index (χ3n) is 3.85. The minimum atomic E-state index is 0.681. The second kappa shape index (κ2) is 6.38. The van der Waals surface area contributed by atoms with Gasteiger partial charge in [-0.05, 0) is 40.5 Å². The van der Waals surface area contributed by atoms with Gasteiger partial charge in [0.15, 0.2) is 5.82 Å². The fourth-order valence-corrected chi connectivity index (χ4v) is 2.63. The molecular formula is C20H14N4. The molecule has 0 saturated heterocycles. The number of hydrogen-bond donors (Lipinski definition) is 0. The van der Waals surface area contributed by atoms with Crippen LogP contribution < -0.4 is 0 Å². The van der Waals surface area contributed by atoms with Gasteiger partial charge in [-0.25, -0.2) is 15.0 Å². The zero-order valence-corrected chi connectivity index (χ0v) is 12.9. The average Bonchev–Trinajstić information content (AvgIpc) is 2.70. The molecule has 2 heterocycles. The molecule has 0 bridgehead atoms. The summed E-state index contributed by atoms with van der Waals surface area (Å²) in [5.74, 6) is 0.681. The van der Waals surface area contributed by atoms with Crippen LogP contribution >= 0.6 is 0 Å². The molecule has 0 atom stereocenters. The Morgan fingerprint density at radius 1 is 0.500 bits per heavy atom. The Hall–Kier alpha value is -3.40. The van der Waals surface area contributed by atoms with Crippen LogP contribution in [0.5, 0.6) is 0 Å². The minimum Gasteiger partial charge on any atom is -0.265 e. The maximum absolute atomic E-state index is 4.21. The van der Waals surface area contributed by atoms with Crippen LogP contribution in [-0.2, 0) is 0 Å². The van der Waals surface area contributed by atoms with Gasteiger partial charge in [0.25, 0.3) is 0 Å². The number of rotatable bonds is 3. The van der Waals surface area contributed by atoms with E-state index in [1.165, 1.54) is 18.2 Å². The highest BCUT2D eigenvalue weighted by Gasteiger charge is 2.04. The lowest BCUT2D eigenvalue weighted by molar-refractivity contribution is 1.06. The Balaban J connectivity index is 1.67. The van der Waals surface area contributed by atoms with Gasteiger partial charge in [-0.2, -0.15) is 0 Å². The summed E-state index contributed by atoms with van der Waals surface area (Å²) in [6.07, 6.45) is 6.64. The first kappa shape index (κ1) is 14.2. The maximum atomic E-state index is 4.21. The quantitative estimate of drug-likeness (QED) is 0.567. The molecule has 4 nitrogen and oxygen atoms in total. The fraction of sp³-hybridized carbons (Fsp3) is 0. The van der Waals surface area contributed by atoms with Crippen LogP contribution in [-0.4, -0.2) is 19.9 Å². The van der Waals surface area contributed by atoms with Gasteiger partial charge in [0.1, 0.15) is 12.7 Å². The van der Waals surface area contributed by atoms with Crippen LogP contribution in [0.3, 0.4) is 0 Å². The molecule has 4 heteroatoms. The summed E-state index contributed by atoms with van der Waals surface area (Å²) in [5, 5.41) is 0. The van der Waals surface area contributed by atoms with Crippen molar-refractivity contribution in [2.45, 2.75) is 0 Å². The molecule has 24 heavy (non-hydrogen) atoms. The number of aromatic nitrogens is 4. The second-order valence-corrected chi connectivity index (χ2v) is 5.36. The van der Waals surface area contributed by atoms with E-state index in [1.54, 1.807) is 12.4 Å². The van der Waals surface area contributed by atoms with Gasteiger partial charge in [0, 0.05) is 18.0 Å². The van der Waals surface area contributed by atoms with Gasteiger partial charge < -0.3 is 0 Å². The number of benzene rings is 2. The smallest absolute Gasteiger partial charge is 0.162 e. The van der Waals surface area contributed by atoms with E-state index in [9.17, 15) is 0 Å². The van der Waals surface area contributed by atoms with E-state index in [4.69, 9.17) is 0 Å². The summed E-state index contributed by atoms with van der Waals surface area (Å²) in [6, 6.07) is 20.7. The van der Waals surface area contributed by atoms with Crippen LogP contribution in [0.1, 0.15) is 0 Å². The SMILES string of the molecule is c1cc(-c2ccc(-c3ccncc3)cc2)cc(-c2ncncn2)c1. The third kappa shape index (κ3) is 2.90. The molecule has 0 aliphatic heterocycles. The molecule has 0 radical (unpaired) electrons. The summed E-state index contributed by atoms with van der Waals surface area (Å²) in [6.45, 7) is 0. The molecule has 0 saturated carbocycles. The molecule has 4 rings (SSSR count). The predicted octanol–water partition coefficient (Wildman–Crippen LogP) is 4.27. The molecule has 0 amide bonds. The van der Waals surface area contributed by atoms with Crippen molar-refractivity contribution in [2.24, 2.45) is 0 Å². The van der Waals surface area contributed by atoms with Crippen LogP contribution in [0, 0.1) is 0 Å². The summed E-state index contributed by atoms with van der Waals surface area (Å²) in [4.78, 5) is 16.3. The highest BCUT2D eigenvalue weighted by molar-refractivity contribution is 5.73. The predicted molar refractivity (Wildman–Crippen MR) is 93.9 cm³/mol. The van der Waals surface area contributed by atoms with Crippen LogP contribution in [0.2, 0.25) is 0 Å². The average molecular weight is 310 g/mol. The summed E-state index contributed by atoms with van der Waals surface area (Å²) in [5.41, 5.74) is 5.61. The summed E-state index contributed by atoms with van der Waals surface area (Å²) >= 11 is 0. The first-order chi connectivity index (χ1) is 11.9. The van der Waals surface area contributed by atoms with Gasteiger partial charge in [-0.1, -0.05) is 42.5 Å². The number of nitrogens with zero attached hydrogens (tertiary/aromatic N) is 4. The van der Waals surface area contributed by atoms with Gasteiger partial charge in [0.2, 0.25) is 0 Å². The molecule has 0 aliphatic rings. The topological polar surface area (TPSA) is 51.6 Å². The monoisotopic (exact) mass is 310 g/mol. The Labute approximate surface area is 139 Å². The van der Waals surface area contributed by atoms with Crippen molar-refractivity contribution in [3.8, 4) is 33.6 Å². The fourth-order valence-electron chi connectivity index (χ4n) is 2.63.